The van der Waals surface area contributed by atoms with Crippen LogP contribution in [0.25, 0.3) is 0 Å². The third-order valence-electron chi connectivity index (χ3n) is 3.11. The third-order valence-corrected chi connectivity index (χ3v) is 3.11. The van der Waals surface area contributed by atoms with E-state index in [4.69, 9.17) is 9.47 Å². The van der Waals surface area contributed by atoms with E-state index in [1.54, 1.807) is 37.3 Å². The minimum absolute atomic E-state index is 0.157. The van der Waals surface area contributed by atoms with Gasteiger partial charge in [0.1, 0.15) is 5.75 Å². The summed E-state index contributed by atoms with van der Waals surface area (Å²) in [6, 6.07) is 9.85. The summed E-state index contributed by atoms with van der Waals surface area (Å²) >= 11 is 0. The number of carbonyl (C=O) groups excluding carboxylic acids is 1. The molecule has 5 heteroatoms. The quantitative estimate of drug-likeness (QED) is 0.848. The van der Waals surface area contributed by atoms with E-state index in [2.05, 4.69) is 5.32 Å². The normalized spacial score (nSPS) is 10.0. The maximum atomic E-state index is 12.4. The predicted octanol–water partition coefficient (Wildman–Crippen LogP) is 2.97. The van der Waals surface area contributed by atoms with Crippen LogP contribution in [0.1, 0.15) is 15.9 Å². The van der Waals surface area contributed by atoms with Crippen LogP contribution in [-0.2, 0) is 0 Å². The first kappa shape index (κ1) is 14.7. The lowest BCUT2D eigenvalue weighted by atomic mass is 10.1. The molecule has 2 N–H and O–H groups in total. The molecule has 0 aliphatic rings. The molecule has 21 heavy (non-hydrogen) atoms. The Kier molecular flexibility index (Phi) is 4.33. The fourth-order valence-electron chi connectivity index (χ4n) is 2.04. The van der Waals surface area contributed by atoms with Gasteiger partial charge in [0.2, 0.25) is 0 Å². The van der Waals surface area contributed by atoms with Crippen molar-refractivity contribution >= 4 is 11.6 Å². The van der Waals surface area contributed by atoms with Crippen molar-refractivity contribution in [3.8, 4) is 17.2 Å². The Hall–Kier alpha value is -2.69. The highest BCUT2D eigenvalue weighted by Crippen LogP contribution is 2.31. The standard InChI is InChI=1S/C16H17NO4/c1-10-9-11(18)7-8-13(10)17-16(19)12-5-4-6-14(20-2)15(12)21-3/h4-9,18H,1-3H3,(H,17,19). The Bertz CT molecular complexity index is 667. The minimum Gasteiger partial charge on any atom is -0.508 e. The number of nitrogens with one attached hydrogen (secondary N) is 1. The fraction of sp³-hybridized carbons (Fsp3) is 0.188. The molecule has 2 aromatic carbocycles. The summed E-state index contributed by atoms with van der Waals surface area (Å²) in [4.78, 5) is 12.4. The van der Waals surface area contributed by atoms with E-state index < -0.39 is 0 Å². The number of amides is 1. The molecule has 0 atom stereocenters. The minimum atomic E-state index is -0.306. The molecule has 0 aliphatic carbocycles. The number of hydrogen-bond donors (Lipinski definition) is 2. The van der Waals surface area contributed by atoms with Gasteiger partial charge in [-0.25, -0.2) is 0 Å². The van der Waals surface area contributed by atoms with Crippen molar-refractivity contribution in [1.29, 1.82) is 0 Å². The third kappa shape index (κ3) is 3.08. The number of benzene rings is 2. The van der Waals surface area contributed by atoms with E-state index in [1.165, 1.54) is 20.3 Å². The molecule has 0 aromatic heterocycles. The summed E-state index contributed by atoms with van der Waals surface area (Å²) in [6.07, 6.45) is 0. The van der Waals surface area contributed by atoms with E-state index in [0.717, 1.165) is 5.56 Å². The number of ether oxygens (including phenoxy) is 2. The summed E-state index contributed by atoms with van der Waals surface area (Å²) < 4.78 is 10.4. The Morgan fingerprint density at radius 2 is 1.90 bits per heavy atom. The highest BCUT2D eigenvalue weighted by atomic mass is 16.5. The van der Waals surface area contributed by atoms with Gasteiger partial charge in [-0.05, 0) is 42.8 Å². The zero-order valence-corrected chi connectivity index (χ0v) is 12.1. The smallest absolute Gasteiger partial charge is 0.259 e. The zero-order valence-electron chi connectivity index (χ0n) is 12.1. The van der Waals surface area contributed by atoms with Crippen LogP contribution in [0.3, 0.4) is 0 Å². The number of methoxy groups -OCH3 is 2. The van der Waals surface area contributed by atoms with Gasteiger partial charge in [0.15, 0.2) is 11.5 Å². The molecule has 2 aromatic rings. The van der Waals surface area contributed by atoms with Crippen LogP contribution >= 0.6 is 0 Å². The number of aryl methyl sites for hydroxylation is 1. The molecule has 0 saturated carbocycles. The van der Waals surface area contributed by atoms with Gasteiger partial charge in [0.25, 0.3) is 5.91 Å². The second-order valence-corrected chi connectivity index (χ2v) is 4.49. The summed E-state index contributed by atoms with van der Waals surface area (Å²) in [5, 5.41) is 12.2. The van der Waals surface area contributed by atoms with Crippen LogP contribution < -0.4 is 14.8 Å². The van der Waals surface area contributed by atoms with Gasteiger partial charge >= 0.3 is 0 Å². The second kappa shape index (κ2) is 6.17. The summed E-state index contributed by atoms with van der Waals surface area (Å²) in [5.74, 6) is 0.727. The van der Waals surface area contributed by atoms with E-state index in [1.807, 2.05) is 0 Å². The molecule has 0 radical (unpaired) electrons. The van der Waals surface area contributed by atoms with Crippen molar-refractivity contribution in [2.45, 2.75) is 6.92 Å². The first-order valence-electron chi connectivity index (χ1n) is 6.38. The average molecular weight is 287 g/mol. The molecule has 0 fully saturated rings. The summed E-state index contributed by atoms with van der Waals surface area (Å²) in [7, 11) is 3.00. The van der Waals surface area contributed by atoms with Crippen molar-refractivity contribution in [1.82, 2.24) is 0 Å². The SMILES string of the molecule is COc1cccc(C(=O)Nc2ccc(O)cc2C)c1OC. The number of carbonyl (C=O) groups is 1. The zero-order chi connectivity index (χ0) is 15.4. The first-order chi connectivity index (χ1) is 10.1. The molecular weight excluding hydrogens is 270 g/mol. The predicted molar refractivity (Wildman–Crippen MR) is 80.3 cm³/mol. The summed E-state index contributed by atoms with van der Waals surface area (Å²) in [6.45, 7) is 1.80. The molecular formula is C16H17NO4. The highest BCUT2D eigenvalue weighted by Gasteiger charge is 2.17. The number of rotatable bonds is 4. The fourth-order valence-corrected chi connectivity index (χ4v) is 2.04. The highest BCUT2D eigenvalue weighted by molar-refractivity contribution is 6.07. The van der Waals surface area contributed by atoms with Gasteiger partial charge in [-0.3, -0.25) is 4.79 Å². The van der Waals surface area contributed by atoms with E-state index in [-0.39, 0.29) is 11.7 Å². The Balaban J connectivity index is 2.32. The first-order valence-corrected chi connectivity index (χ1v) is 6.38. The molecule has 5 nitrogen and oxygen atoms in total. The van der Waals surface area contributed by atoms with Gasteiger partial charge in [-0.1, -0.05) is 6.07 Å². The van der Waals surface area contributed by atoms with Crippen molar-refractivity contribution < 1.29 is 19.4 Å². The Labute approximate surface area is 123 Å². The number of para-hydroxylation sites is 1. The van der Waals surface area contributed by atoms with E-state index in [9.17, 15) is 9.90 Å². The lowest BCUT2D eigenvalue weighted by Gasteiger charge is -2.13. The van der Waals surface area contributed by atoms with Crippen LogP contribution in [0.15, 0.2) is 36.4 Å². The number of phenolic OH excluding ortho intramolecular Hbond substituents is 1. The van der Waals surface area contributed by atoms with Gasteiger partial charge < -0.3 is 19.9 Å². The molecule has 0 aliphatic heterocycles. The molecule has 110 valence electrons. The Morgan fingerprint density at radius 3 is 2.52 bits per heavy atom. The van der Waals surface area contributed by atoms with Crippen LogP contribution in [0, 0.1) is 6.92 Å². The monoisotopic (exact) mass is 287 g/mol. The maximum absolute atomic E-state index is 12.4. The molecule has 0 spiro atoms. The maximum Gasteiger partial charge on any atom is 0.259 e. The molecule has 1 amide bonds. The number of phenols is 1. The topological polar surface area (TPSA) is 67.8 Å². The lowest BCUT2D eigenvalue weighted by Crippen LogP contribution is -2.14. The molecule has 2 rings (SSSR count). The van der Waals surface area contributed by atoms with Gasteiger partial charge in [0, 0.05) is 5.69 Å². The molecule has 0 saturated heterocycles. The van der Waals surface area contributed by atoms with Crippen molar-refractivity contribution in [3.63, 3.8) is 0 Å². The van der Waals surface area contributed by atoms with Crippen LogP contribution in [-0.4, -0.2) is 25.2 Å². The van der Waals surface area contributed by atoms with Gasteiger partial charge in [-0.2, -0.15) is 0 Å². The molecule has 0 heterocycles. The van der Waals surface area contributed by atoms with E-state index in [0.29, 0.717) is 22.7 Å². The van der Waals surface area contributed by atoms with Crippen LogP contribution in [0.5, 0.6) is 17.2 Å². The molecule has 0 unspecified atom stereocenters. The van der Waals surface area contributed by atoms with Crippen molar-refractivity contribution in [2.24, 2.45) is 0 Å². The lowest BCUT2D eigenvalue weighted by molar-refractivity contribution is 0.102. The van der Waals surface area contributed by atoms with E-state index >= 15 is 0 Å². The average Bonchev–Trinajstić information content (AvgIpc) is 2.49. The number of anilines is 1. The van der Waals surface area contributed by atoms with Crippen LogP contribution in [0.4, 0.5) is 5.69 Å². The van der Waals surface area contributed by atoms with Gasteiger partial charge in [-0.15, -0.1) is 0 Å². The second-order valence-electron chi connectivity index (χ2n) is 4.49. The van der Waals surface area contributed by atoms with Crippen LogP contribution in [0.2, 0.25) is 0 Å². The largest absolute Gasteiger partial charge is 0.508 e. The Morgan fingerprint density at radius 1 is 1.14 bits per heavy atom. The van der Waals surface area contributed by atoms with Crippen molar-refractivity contribution in [3.05, 3.63) is 47.5 Å². The summed E-state index contributed by atoms with van der Waals surface area (Å²) in [5.41, 5.74) is 1.78. The molecule has 0 bridgehead atoms. The number of hydrogen-bond acceptors (Lipinski definition) is 4. The van der Waals surface area contributed by atoms with Gasteiger partial charge in [0.05, 0.1) is 19.8 Å². The van der Waals surface area contributed by atoms with Crippen molar-refractivity contribution in [2.75, 3.05) is 19.5 Å². The number of aromatic hydroxyl groups is 1.